The van der Waals surface area contributed by atoms with Crippen LogP contribution < -0.4 is 5.32 Å². The molecule has 0 spiro atoms. The van der Waals surface area contributed by atoms with Crippen LogP contribution in [-0.2, 0) is 0 Å². The Morgan fingerprint density at radius 3 is 2.81 bits per heavy atom. The lowest BCUT2D eigenvalue weighted by atomic mass is 10.2. The van der Waals surface area contributed by atoms with Crippen LogP contribution in [-0.4, -0.2) is 30.1 Å². The molecule has 0 saturated carbocycles. The molecule has 0 radical (unpaired) electrons. The lowest BCUT2D eigenvalue weighted by molar-refractivity contribution is 0.271. The number of thioether (sulfide) groups is 1. The van der Waals surface area contributed by atoms with E-state index in [4.69, 9.17) is 16.7 Å². The van der Waals surface area contributed by atoms with Gasteiger partial charge in [-0.15, -0.1) is 11.8 Å². The molecule has 0 saturated heterocycles. The van der Waals surface area contributed by atoms with Crippen molar-refractivity contribution in [3.05, 3.63) is 29.3 Å². The van der Waals surface area contributed by atoms with Crippen molar-refractivity contribution in [1.29, 1.82) is 0 Å². The fourth-order valence-electron chi connectivity index (χ4n) is 1.44. The van der Waals surface area contributed by atoms with Gasteiger partial charge in [0.1, 0.15) is 0 Å². The van der Waals surface area contributed by atoms with Gasteiger partial charge in [0, 0.05) is 23.3 Å². The van der Waals surface area contributed by atoms with E-state index in [0.29, 0.717) is 6.04 Å². The van der Waals surface area contributed by atoms with Crippen molar-refractivity contribution in [3.63, 3.8) is 0 Å². The first-order chi connectivity index (χ1) is 7.77. The Morgan fingerprint density at radius 1 is 1.44 bits per heavy atom. The van der Waals surface area contributed by atoms with Crippen molar-refractivity contribution in [2.75, 3.05) is 18.9 Å². The Balaban J connectivity index is 2.45. The van der Waals surface area contributed by atoms with E-state index in [2.05, 4.69) is 12.2 Å². The maximum atomic E-state index is 8.94. The molecular formula is C12H18ClNOS. The molecule has 1 aromatic rings. The van der Waals surface area contributed by atoms with E-state index in [-0.39, 0.29) is 6.61 Å². The fourth-order valence-corrected chi connectivity index (χ4v) is 2.79. The average Bonchev–Trinajstić information content (AvgIpc) is 2.28. The SMILES string of the molecule is CCNC(CCO)CSc1ccccc1Cl. The zero-order valence-corrected chi connectivity index (χ0v) is 11.0. The summed E-state index contributed by atoms with van der Waals surface area (Å²) in [5, 5.41) is 13.1. The highest BCUT2D eigenvalue weighted by Gasteiger charge is 2.08. The van der Waals surface area contributed by atoms with Gasteiger partial charge in [0.25, 0.3) is 0 Å². The second-order valence-electron chi connectivity index (χ2n) is 3.51. The predicted molar refractivity (Wildman–Crippen MR) is 71.3 cm³/mol. The third-order valence-corrected chi connectivity index (χ3v) is 3.92. The van der Waals surface area contributed by atoms with Crippen LogP contribution in [0.25, 0.3) is 0 Å². The second kappa shape index (κ2) is 7.96. The Bertz CT molecular complexity index is 303. The summed E-state index contributed by atoms with van der Waals surface area (Å²) in [6, 6.07) is 8.19. The van der Waals surface area contributed by atoms with Crippen LogP contribution in [0.5, 0.6) is 0 Å². The summed E-state index contributed by atoms with van der Waals surface area (Å²) in [5.41, 5.74) is 0. The second-order valence-corrected chi connectivity index (χ2v) is 4.98. The topological polar surface area (TPSA) is 32.3 Å². The highest BCUT2D eigenvalue weighted by Crippen LogP contribution is 2.27. The van der Waals surface area contributed by atoms with Gasteiger partial charge < -0.3 is 10.4 Å². The predicted octanol–water partition coefficient (Wildman–Crippen LogP) is 2.79. The number of aliphatic hydroxyl groups is 1. The molecule has 1 atom stereocenters. The van der Waals surface area contributed by atoms with Gasteiger partial charge in [0.05, 0.1) is 5.02 Å². The summed E-state index contributed by atoms with van der Waals surface area (Å²) >= 11 is 7.80. The number of benzene rings is 1. The molecule has 1 rings (SSSR count). The number of halogens is 1. The standard InChI is InChI=1S/C12H18ClNOS/c1-2-14-10(7-8-15)9-16-12-6-4-3-5-11(12)13/h3-6,10,14-15H,2,7-9H2,1H3. The number of aliphatic hydroxyl groups excluding tert-OH is 1. The molecule has 0 heterocycles. The number of nitrogens with one attached hydrogen (secondary N) is 1. The van der Waals surface area contributed by atoms with Crippen molar-refractivity contribution >= 4 is 23.4 Å². The Kier molecular flexibility index (Phi) is 6.88. The van der Waals surface area contributed by atoms with Gasteiger partial charge in [-0.2, -0.15) is 0 Å². The molecule has 0 aliphatic carbocycles. The van der Waals surface area contributed by atoms with E-state index >= 15 is 0 Å². The van der Waals surface area contributed by atoms with Crippen LogP contribution in [0.15, 0.2) is 29.2 Å². The van der Waals surface area contributed by atoms with Crippen molar-refractivity contribution in [1.82, 2.24) is 5.32 Å². The molecule has 0 aliphatic rings. The molecule has 1 aromatic carbocycles. The number of hydrogen-bond donors (Lipinski definition) is 2. The van der Waals surface area contributed by atoms with Gasteiger partial charge in [0.2, 0.25) is 0 Å². The van der Waals surface area contributed by atoms with Gasteiger partial charge in [-0.1, -0.05) is 30.7 Å². The van der Waals surface area contributed by atoms with Crippen molar-refractivity contribution in [2.45, 2.75) is 24.3 Å². The van der Waals surface area contributed by atoms with E-state index in [1.165, 1.54) is 0 Å². The van der Waals surface area contributed by atoms with Gasteiger partial charge in [-0.05, 0) is 25.1 Å². The molecule has 2 nitrogen and oxygen atoms in total. The summed E-state index contributed by atoms with van der Waals surface area (Å²) in [7, 11) is 0. The highest BCUT2D eigenvalue weighted by atomic mass is 35.5. The van der Waals surface area contributed by atoms with E-state index in [1.54, 1.807) is 11.8 Å². The van der Waals surface area contributed by atoms with Crippen LogP contribution in [0.4, 0.5) is 0 Å². The lowest BCUT2D eigenvalue weighted by Crippen LogP contribution is -2.32. The molecule has 2 N–H and O–H groups in total. The molecule has 0 bridgehead atoms. The van der Waals surface area contributed by atoms with Crippen molar-refractivity contribution < 1.29 is 5.11 Å². The van der Waals surface area contributed by atoms with E-state index in [9.17, 15) is 0 Å². The summed E-state index contributed by atoms with van der Waals surface area (Å²) in [6.45, 7) is 3.22. The summed E-state index contributed by atoms with van der Waals surface area (Å²) in [6.07, 6.45) is 0.783. The first-order valence-electron chi connectivity index (χ1n) is 5.49. The third kappa shape index (κ3) is 4.74. The molecular weight excluding hydrogens is 242 g/mol. The molecule has 0 fully saturated rings. The monoisotopic (exact) mass is 259 g/mol. The largest absolute Gasteiger partial charge is 0.396 e. The first kappa shape index (κ1) is 13.8. The minimum Gasteiger partial charge on any atom is -0.396 e. The minimum absolute atomic E-state index is 0.223. The minimum atomic E-state index is 0.223. The van der Waals surface area contributed by atoms with Crippen LogP contribution in [0.2, 0.25) is 5.02 Å². The molecule has 1 unspecified atom stereocenters. The summed E-state index contributed by atoms with van der Waals surface area (Å²) in [5.74, 6) is 0.929. The van der Waals surface area contributed by atoms with Crippen LogP contribution >= 0.6 is 23.4 Å². The van der Waals surface area contributed by atoms with E-state index in [0.717, 1.165) is 28.6 Å². The number of hydrogen-bond acceptors (Lipinski definition) is 3. The van der Waals surface area contributed by atoms with Crippen LogP contribution in [0.1, 0.15) is 13.3 Å². The maximum Gasteiger partial charge on any atom is 0.0541 e. The molecule has 4 heteroatoms. The van der Waals surface area contributed by atoms with Gasteiger partial charge in [-0.3, -0.25) is 0 Å². The Labute approximate surface area is 106 Å². The maximum absolute atomic E-state index is 8.94. The Morgan fingerprint density at radius 2 is 2.19 bits per heavy atom. The smallest absolute Gasteiger partial charge is 0.0541 e. The van der Waals surface area contributed by atoms with Crippen LogP contribution in [0.3, 0.4) is 0 Å². The summed E-state index contributed by atoms with van der Waals surface area (Å²) in [4.78, 5) is 1.10. The average molecular weight is 260 g/mol. The third-order valence-electron chi connectivity index (χ3n) is 2.25. The quantitative estimate of drug-likeness (QED) is 0.739. The zero-order valence-electron chi connectivity index (χ0n) is 9.45. The first-order valence-corrected chi connectivity index (χ1v) is 6.85. The lowest BCUT2D eigenvalue weighted by Gasteiger charge is -2.16. The molecule has 0 amide bonds. The molecule has 90 valence electrons. The molecule has 0 aromatic heterocycles. The summed E-state index contributed by atoms with van der Waals surface area (Å²) < 4.78 is 0. The molecule has 16 heavy (non-hydrogen) atoms. The van der Waals surface area contributed by atoms with Crippen LogP contribution in [0, 0.1) is 0 Å². The van der Waals surface area contributed by atoms with Crippen molar-refractivity contribution in [2.24, 2.45) is 0 Å². The van der Waals surface area contributed by atoms with Gasteiger partial charge >= 0.3 is 0 Å². The highest BCUT2D eigenvalue weighted by molar-refractivity contribution is 7.99. The van der Waals surface area contributed by atoms with Gasteiger partial charge in [-0.25, -0.2) is 0 Å². The van der Waals surface area contributed by atoms with E-state index in [1.807, 2.05) is 24.3 Å². The van der Waals surface area contributed by atoms with Gasteiger partial charge in [0.15, 0.2) is 0 Å². The molecule has 0 aliphatic heterocycles. The zero-order chi connectivity index (χ0) is 11.8. The number of rotatable bonds is 7. The van der Waals surface area contributed by atoms with Crippen molar-refractivity contribution in [3.8, 4) is 0 Å². The normalized spacial score (nSPS) is 12.7. The Hall–Kier alpha value is -0.220. The fraction of sp³-hybridized carbons (Fsp3) is 0.500. The van der Waals surface area contributed by atoms with E-state index < -0.39 is 0 Å².